The van der Waals surface area contributed by atoms with Gasteiger partial charge in [-0.05, 0) is 42.0 Å². The first kappa shape index (κ1) is 11.7. The van der Waals surface area contributed by atoms with Crippen LogP contribution in [0.5, 0.6) is 5.75 Å². The summed E-state index contributed by atoms with van der Waals surface area (Å²) in [5, 5.41) is 4.44. The molecule has 1 aromatic carbocycles. The Hall–Kier alpha value is -2.40. The number of aromatic nitrogens is 3. The predicted molar refractivity (Wildman–Crippen MR) is 72.9 cm³/mol. The molecule has 0 fully saturated rings. The Labute approximate surface area is 110 Å². The number of hydrogen-bond acceptors (Lipinski definition) is 4. The summed E-state index contributed by atoms with van der Waals surface area (Å²) in [5.41, 5.74) is 8.42. The fraction of sp³-hybridized carbons (Fsp3) is 0.143. The fourth-order valence-electron chi connectivity index (χ4n) is 1.91. The van der Waals surface area contributed by atoms with E-state index in [4.69, 9.17) is 10.5 Å². The predicted octanol–water partition coefficient (Wildman–Crippen LogP) is 1.86. The number of fused-ring (bicyclic) bond motifs is 1. The van der Waals surface area contributed by atoms with Crippen LogP contribution in [0.4, 0.5) is 0 Å². The van der Waals surface area contributed by atoms with Gasteiger partial charge in [-0.3, -0.25) is 0 Å². The molecule has 0 aliphatic heterocycles. The molecule has 3 rings (SSSR count). The van der Waals surface area contributed by atoms with Crippen molar-refractivity contribution in [1.82, 2.24) is 14.6 Å². The second kappa shape index (κ2) is 4.70. The summed E-state index contributed by atoms with van der Waals surface area (Å²) < 4.78 is 6.88. The Balaban J connectivity index is 2.04. The molecule has 0 spiro atoms. The van der Waals surface area contributed by atoms with Crippen LogP contribution in [0.15, 0.2) is 42.6 Å². The van der Waals surface area contributed by atoms with Gasteiger partial charge in [0.15, 0.2) is 11.5 Å². The third-order valence-electron chi connectivity index (χ3n) is 2.99. The summed E-state index contributed by atoms with van der Waals surface area (Å²) in [6.45, 7) is 0.501. The van der Waals surface area contributed by atoms with E-state index in [2.05, 4.69) is 10.1 Å². The number of pyridine rings is 1. The van der Waals surface area contributed by atoms with Crippen LogP contribution >= 0.6 is 0 Å². The molecule has 0 saturated carbocycles. The molecule has 19 heavy (non-hydrogen) atoms. The topological polar surface area (TPSA) is 65.4 Å². The lowest BCUT2D eigenvalue weighted by atomic mass is 10.2. The highest BCUT2D eigenvalue weighted by Gasteiger charge is 2.06. The molecule has 5 heteroatoms. The van der Waals surface area contributed by atoms with E-state index in [0.717, 1.165) is 22.5 Å². The second-order valence-corrected chi connectivity index (χ2v) is 4.21. The molecule has 96 valence electrons. The van der Waals surface area contributed by atoms with Crippen LogP contribution in [-0.2, 0) is 6.54 Å². The van der Waals surface area contributed by atoms with E-state index in [1.807, 2.05) is 42.6 Å². The van der Waals surface area contributed by atoms with E-state index in [0.29, 0.717) is 12.4 Å². The van der Waals surface area contributed by atoms with Gasteiger partial charge in [0, 0.05) is 18.3 Å². The first-order valence-corrected chi connectivity index (χ1v) is 6.00. The zero-order chi connectivity index (χ0) is 13.2. The minimum atomic E-state index is 0.501. The summed E-state index contributed by atoms with van der Waals surface area (Å²) in [5.74, 6) is 1.51. The van der Waals surface area contributed by atoms with Crippen LogP contribution in [0.3, 0.4) is 0 Å². The first-order valence-electron chi connectivity index (χ1n) is 6.00. The summed E-state index contributed by atoms with van der Waals surface area (Å²) >= 11 is 0. The first-order chi connectivity index (χ1) is 9.30. The molecule has 5 nitrogen and oxygen atoms in total. The van der Waals surface area contributed by atoms with E-state index in [9.17, 15) is 0 Å². The quantitative estimate of drug-likeness (QED) is 0.774. The van der Waals surface area contributed by atoms with Crippen molar-refractivity contribution in [3.8, 4) is 17.1 Å². The standard InChI is InChI=1S/C14H14N4O/c1-19-12-4-2-11(3-5-12)14-16-13-8-10(9-15)6-7-18(13)17-14/h2-8H,9,15H2,1H3. The van der Waals surface area contributed by atoms with Gasteiger partial charge in [-0.15, -0.1) is 5.10 Å². The maximum absolute atomic E-state index is 5.62. The molecule has 3 aromatic rings. The smallest absolute Gasteiger partial charge is 0.182 e. The zero-order valence-electron chi connectivity index (χ0n) is 10.6. The monoisotopic (exact) mass is 254 g/mol. The summed E-state index contributed by atoms with van der Waals surface area (Å²) in [4.78, 5) is 4.50. The van der Waals surface area contributed by atoms with Crippen LogP contribution in [0, 0.1) is 0 Å². The molecule has 0 atom stereocenters. The van der Waals surface area contributed by atoms with Gasteiger partial charge < -0.3 is 10.5 Å². The lowest BCUT2D eigenvalue weighted by Crippen LogP contribution is -1.97. The second-order valence-electron chi connectivity index (χ2n) is 4.21. The van der Waals surface area contributed by atoms with Crippen molar-refractivity contribution in [3.05, 3.63) is 48.2 Å². The Kier molecular flexibility index (Phi) is 2.89. The lowest BCUT2D eigenvalue weighted by molar-refractivity contribution is 0.415. The summed E-state index contributed by atoms with van der Waals surface area (Å²) in [7, 11) is 1.65. The Morgan fingerprint density at radius 2 is 2.00 bits per heavy atom. The van der Waals surface area contributed by atoms with Gasteiger partial charge in [0.2, 0.25) is 0 Å². The van der Waals surface area contributed by atoms with Gasteiger partial charge in [-0.1, -0.05) is 0 Å². The molecule has 0 saturated heterocycles. The lowest BCUT2D eigenvalue weighted by Gasteiger charge is -1.99. The number of benzene rings is 1. The molecule has 0 aliphatic carbocycles. The van der Waals surface area contributed by atoms with Gasteiger partial charge in [0.05, 0.1) is 7.11 Å². The number of hydrogen-bond donors (Lipinski definition) is 1. The molecule has 0 radical (unpaired) electrons. The van der Waals surface area contributed by atoms with Crippen molar-refractivity contribution in [2.45, 2.75) is 6.54 Å². The number of nitrogens with zero attached hydrogens (tertiary/aromatic N) is 3. The minimum Gasteiger partial charge on any atom is -0.497 e. The van der Waals surface area contributed by atoms with E-state index in [-0.39, 0.29) is 0 Å². The normalized spacial score (nSPS) is 10.8. The third-order valence-corrected chi connectivity index (χ3v) is 2.99. The minimum absolute atomic E-state index is 0.501. The largest absolute Gasteiger partial charge is 0.497 e. The SMILES string of the molecule is COc1ccc(-c2nc3cc(CN)ccn3n2)cc1. The van der Waals surface area contributed by atoms with Crippen molar-refractivity contribution in [2.24, 2.45) is 5.73 Å². The van der Waals surface area contributed by atoms with Crippen molar-refractivity contribution >= 4 is 5.65 Å². The van der Waals surface area contributed by atoms with Gasteiger partial charge in [0.25, 0.3) is 0 Å². The molecule has 2 aromatic heterocycles. The van der Waals surface area contributed by atoms with Crippen molar-refractivity contribution < 1.29 is 4.74 Å². The molecule has 2 heterocycles. The number of ether oxygens (including phenoxy) is 1. The average Bonchev–Trinajstić information content (AvgIpc) is 2.90. The van der Waals surface area contributed by atoms with E-state index in [1.165, 1.54) is 0 Å². The van der Waals surface area contributed by atoms with Crippen LogP contribution in [0.1, 0.15) is 5.56 Å². The highest BCUT2D eigenvalue weighted by Crippen LogP contribution is 2.20. The van der Waals surface area contributed by atoms with Crippen LogP contribution in [0.25, 0.3) is 17.0 Å². The number of rotatable bonds is 3. The van der Waals surface area contributed by atoms with Gasteiger partial charge in [-0.2, -0.15) is 0 Å². The summed E-state index contributed by atoms with van der Waals surface area (Å²) in [6.07, 6.45) is 1.87. The Morgan fingerprint density at radius 1 is 1.21 bits per heavy atom. The molecule has 0 aliphatic rings. The van der Waals surface area contributed by atoms with E-state index >= 15 is 0 Å². The average molecular weight is 254 g/mol. The summed E-state index contributed by atoms with van der Waals surface area (Å²) in [6, 6.07) is 11.6. The van der Waals surface area contributed by atoms with Crippen LogP contribution in [-0.4, -0.2) is 21.7 Å². The highest BCUT2D eigenvalue weighted by molar-refractivity contribution is 5.59. The molecule has 0 unspecified atom stereocenters. The van der Waals surface area contributed by atoms with E-state index in [1.54, 1.807) is 11.6 Å². The van der Waals surface area contributed by atoms with Gasteiger partial charge in [0.1, 0.15) is 5.75 Å². The molecular weight excluding hydrogens is 240 g/mol. The Bertz CT molecular complexity index is 703. The molecule has 0 amide bonds. The fourth-order valence-corrected chi connectivity index (χ4v) is 1.91. The maximum Gasteiger partial charge on any atom is 0.182 e. The highest BCUT2D eigenvalue weighted by atomic mass is 16.5. The van der Waals surface area contributed by atoms with Gasteiger partial charge >= 0.3 is 0 Å². The number of methoxy groups -OCH3 is 1. The van der Waals surface area contributed by atoms with Crippen LogP contribution in [0.2, 0.25) is 0 Å². The van der Waals surface area contributed by atoms with E-state index < -0.39 is 0 Å². The van der Waals surface area contributed by atoms with Gasteiger partial charge in [-0.25, -0.2) is 9.50 Å². The Morgan fingerprint density at radius 3 is 2.68 bits per heavy atom. The van der Waals surface area contributed by atoms with Crippen molar-refractivity contribution in [2.75, 3.05) is 7.11 Å². The van der Waals surface area contributed by atoms with Crippen molar-refractivity contribution in [3.63, 3.8) is 0 Å². The molecule has 0 bridgehead atoms. The van der Waals surface area contributed by atoms with Crippen LogP contribution < -0.4 is 10.5 Å². The third kappa shape index (κ3) is 2.15. The molecule has 2 N–H and O–H groups in total. The maximum atomic E-state index is 5.62. The zero-order valence-corrected chi connectivity index (χ0v) is 10.6. The van der Waals surface area contributed by atoms with Crippen molar-refractivity contribution in [1.29, 1.82) is 0 Å². The number of nitrogens with two attached hydrogens (primary N) is 1. The molecular formula is C14H14N4O.